The Hall–Kier alpha value is -1.10. The molecule has 7 nitrogen and oxygen atoms in total. The van der Waals surface area contributed by atoms with Crippen molar-refractivity contribution in [3.8, 4) is 0 Å². The molecule has 0 radical (unpaired) electrons. The van der Waals surface area contributed by atoms with E-state index in [2.05, 4.69) is 32.9 Å². The molecule has 1 aliphatic carbocycles. The number of aryl methyl sites for hydroxylation is 1. The number of aromatic nitrogens is 1. The molecule has 0 aliphatic heterocycles. The quantitative estimate of drug-likeness (QED) is 0.312. The van der Waals surface area contributed by atoms with Crippen LogP contribution >= 0.6 is 35.3 Å². The lowest BCUT2D eigenvalue weighted by Gasteiger charge is -2.31. The van der Waals surface area contributed by atoms with E-state index in [1.807, 2.05) is 27.0 Å². The molecule has 1 saturated carbocycles. The average Bonchev–Trinajstić information content (AvgIpc) is 2.99. The van der Waals surface area contributed by atoms with Gasteiger partial charge in [0, 0.05) is 43.2 Å². The predicted octanol–water partition coefficient (Wildman–Crippen LogP) is 3.61. The molecule has 1 aromatic heterocycles. The Morgan fingerprint density at radius 3 is 2.36 bits per heavy atom. The van der Waals surface area contributed by atoms with Crippen molar-refractivity contribution in [3.05, 3.63) is 16.1 Å². The lowest BCUT2D eigenvalue weighted by Crippen LogP contribution is -2.48. The van der Waals surface area contributed by atoms with Crippen LogP contribution in [0, 0.1) is 6.92 Å². The van der Waals surface area contributed by atoms with E-state index in [1.165, 1.54) is 4.88 Å². The van der Waals surface area contributed by atoms with E-state index >= 15 is 0 Å². The number of alkyl carbamates (subject to hydrolysis) is 1. The van der Waals surface area contributed by atoms with Crippen molar-refractivity contribution in [3.63, 3.8) is 0 Å². The molecule has 28 heavy (non-hydrogen) atoms. The zero-order valence-electron chi connectivity index (χ0n) is 17.5. The largest absolute Gasteiger partial charge is 0.444 e. The summed E-state index contributed by atoms with van der Waals surface area (Å²) in [5.41, 5.74) is -0.460. The Labute approximate surface area is 189 Å². The van der Waals surface area contributed by atoms with E-state index in [4.69, 9.17) is 4.74 Å². The molecule has 0 atom stereocenters. The normalized spacial score (nSPS) is 20.1. The van der Waals surface area contributed by atoms with E-state index in [-0.39, 0.29) is 36.1 Å². The summed E-state index contributed by atoms with van der Waals surface area (Å²) < 4.78 is 5.33. The molecule has 1 heterocycles. The van der Waals surface area contributed by atoms with Crippen LogP contribution in [0.5, 0.6) is 0 Å². The fraction of sp³-hybridized carbons (Fsp3) is 0.737. The first-order valence-electron chi connectivity index (χ1n) is 9.63. The number of guanidine groups is 1. The summed E-state index contributed by atoms with van der Waals surface area (Å²) in [6.07, 6.45) is 6.34. The zero-order valence-corrected chi connectivity index (χ0v) is 20.6. The minimum atomic E-state index is -0.460. The Morgan fingerprint density at radius 1 is 1.25 bits per heavy atom. The first-order chi connectivity index (χ1) is 12.7. The van der Waals surface area contributed by atoms with Gasteiger partial charge in [0.1, 0.15) is 5.60 Å². The van der Waals surface area contributed by atoms with E-state index < -0.39 is 5.60 Å². The average molecular weight is 523 g/mol. The van der Waals surface area contributed by atoms with Crippen LogP contribution in [-0.2, 0) is 11.2 Å². The van der Waals surface area contributed by atoms with E-state index in [9.17, 15) is 4.79 Å². The van der Waals surface area contributed by atoms with Crippen molar-refractivity contribution in [1.82, 2.24) is 20.9 Å². The van der Waals surface area contributed by atoms with Crippen molar-refractivity contribution < 1.29 is 9.53 Å². The SMILES string of the molecule is CN=C(NCCc1ncc(C)s1)NC1CCC(NC(=O)OC(C)(C)C)CC1.I. The molecule has 1 amide bonds. The number of ether oxygens (including phenoxy) is 1. The molecule has 1 fully saturated rings. The van der Waals surface area contributed by atoms with Gasteiger partial charge >= 0.3 is 6.09 Å². The number of aliphatic imine (C=N–C) groups is 1. The van der Waals surface area contributed by atoms with Gasteiger partial charge < -0.3 is 20.7 Å². The number of carbonyl (C=O) groups is 1. The maximum atomic E-state index is 11.9. The molecule has 0 unspecified atom stereocenters. The number of nitrogens with zero attached hydrogens (tertiary/aromatic N) is 2. The molecule has 0 aromatic carbocycles. The highest BCUT2D eigenvalue weighted by atomic mass is 127. The van der Waals surface area contributed by atoms with Gasteiger partial charge in [-0.2, -0.15) is 0 Å². The van der Waals surface area contributed by atoms with Crippen LogP contribution in [-0.4, -0.2) is 48.3 Å². The van der Waals surface area contributed by atoms with Gasteiger partial charge in [0.25, 0.3) is 0 Å². The molecule has 2 rings (SSSR count). The summed E-state index contributed by atoms with van der Waals surface area (Å²) in [6, 6.07) is 0.552. The number of halogens is 1. The van der Waals surface area contributed by atoms with Gasteiger partial charge in [0.2, 0.25) is 0 Å². The summed E-state index contributed by atoms with van der Waals surface area (Å²) in [7, 11) is 1.79. The van der Waals surface area contributed by atoms with Crippen LogP contribution in [0.4, 0.5) is 4.79 Å². The number of rotatable bonds is 5. The smallest absolute Gasteiger partial charge is 0.407 e. The molecule has 9 heteroatoms. The molecule has 1 aliphatic rings. The van der Waals surface area contributed by atoms with Gasteiger partial charge in [-0.25, -0.2) is 9.78 Å². The fourth-order valence-corrected chi connectivity index (χ4v) is 3.84. The molecular formula is C19H34IN5O2S. The van der Waals surface area contributed by atoms with E-state index in [0.29, 0.717) is 6.04 Å². The van der Waals surface area contributed by atoms with Crippen LogP contribution in [0.15, 0.2) is 11.2 Å². The number of amides is 1. The van der Waals surface area contributed by atoms with Crippen molar-refractivity contribution >= 4 is 47.4 Å². The highest BCUT2D eigenvalue weighted by Gasteiger charge is 2.25. The third-order valence-electron chi connectivity index (χ3n) is 4.31. The number of carbonyl (C=O) groups excluding carboxylic acids is 1. The Kier molecular flexibility index (Phi) is 10.5. The molecular weight excluding hydrogens is 489 g/mol. The monoisotopic (exact) mass is 523 g/mol. The summed E-state index contributed by atoms with van der Waals surface area (Å²) in [5, 5.41) is 11.0. The fourth-order valence-electron chi connectivity index (χ4n) is 3.05. The molecule has 1 aromatic rings. The van der Waals surface area contributed by atoms with Crippen molar-refractivity contribution in [2.24, 2.45) is 4.99 Å². The molecule has 160 valence electrons. The number of nitrogens with one attached hydrogen (secondary N) is 3. The van der Waals surface area contributed by atoms with E-state index in [0.717, 1.165) is 49.6 Å². The number of hydrogen-bond donors (Lipinski definition) is 3. The van der Waals surface area contributed by atoms with Crippen molar-refractivity contribution in [2.45, 2.75) is 77.5 Å². The highest BCUT2D eigenvalue weighted by molar-refractivity contribution is 14.0. The molecule has 3 N–H and O–H groups in total. The number of hydrogen-bond acceptors (Lipinski definition) is 5. The first kappa shape index (κ1) is 24.9. The van der Waals surface area contributed by atoms with E-state index in [1.54, 1.807) is 18.4 Å². The molecule has 0 saturated heterocycles. The van der Waals surface area contributed by atoms with Gasteiger partial charge in [-0.1, -0.05) is 0 Å². The van der Waals surface area contributed by atoms with Gasteiger partial charge in [-0.3, -0.25) is 4.99 Å². The summed E-state index contributed by atoms with van der Waals surface area (Å²) in [4.78, 5) is 21.8. The molecule has 0 bridgehead atoms. The zero-order chi connectivity index (χ0) is 19.9. The lowest BCUT2D eigenvalue weighted by molar-refractivity contribution is 0.0490. The third-order valence-corrected chi connectivity index (χ3v) is 5.29. The van der Waals surface area contributed by atoms with Gasteiger partial charge in [-0.05, 0) is 53.4 Å². The Morgan fingerprint density at radius 2 is 1.86 bits per heavy atom. The third kappa shape index (κ3) is 9.40. The minimum Gasteiger partial charge on any atom is -0.444 e. The van der Waals surface area contributed by atoms with Crippen LogP contribution in [0.3, 0.4) is 0 Å². The first-order valence-corrected chi connectivity index (χ1v) is 10.4. The second kappa shape index (κ2) is 11.8. The predicted molar refractivity (Wildman–Crippen MR) is 126 cm³/mol. The minimum absolute atomic E-state index is 0. The van der Waals surface area contributed by atoms with Crippen LogP contribution < -0.4 is 16.0 Å². The van der Waals surface area contributed by atoms with Gasteiger partial charge in [0.05, 0.1) is 5.01 Å². The van der Waals surface area contributed by atoms with Crippen LogP contribution in [0.1, 0.15) is 56.3 Å². The highest BCUT2D eigenvalue weighted by Crippen LogP contribution is 2.19. The summed E-state index contributed by atoms with van der Waals surface area (Å²) in [6.45, 7) is 8.51. The summed E-state index contributed by atoms with van der Waals surface area (Å²) >= 11 is 1.73. The second-order valence-electron chi connectivity index (χ2n) is 7.95. The van der Waals surface area contributed by atoms with Crippen LogP contribution in [0.2, 0.25) is 0 Å². The summed E-state index contributed by atoms with van der Waals surface area (Å²) in [5.74, 6) is 0.826. The van der Waals surface area contributed by atoms with Crippen LogP contribution in [0.25, 0.3) is 0 Å². The molecule has 0 spiro atoms. The standard InChI is InChI=1S/C19H33N5O2S.HI/c1-13-12-22-16(27-13)10-11-21-17(20-5)23-14-6-8-15(9-7-14)24-18(25)26-19(2,3)4;/h12,14-15H,6-11H2,1-5H3,(H,24,25)(H2,20,21,23);1H. The van der Waals surface area contributed by atoms with Crippen molar-refractivity contribution in [1.29, 1.82) is 0 Å². The van der Waals surface area contributed by atoms with Crippen molar-refractivity contribution in [2.75, 3.05) is 13.6 Å². The Balaban J connectivity index is 0.00000392. The maximum Gasteiger partial charge on any atom is 0.407 e. The number of thiazole rings is 1. The second-order valence-corrected chi connectivity index (χ2v) is 9.27. The Bertz CT molecular complexity index is 637. The maximum absolute atomic E-state index is 11.9. The topological polar surface area (TPSA) is 87.6 Å². The lowest BCUT2D eigenvalue weighted by atomic mass is 9.91. The van der Waals surface area contributed by atoms with Gasteiger partial charge in [0.15, 0.2) is 5.96 Å². The van der Waals surface area contributed by atoms with Gasteiger partial charge in [-0.15, -0.1) is 35.3 Å².